The monoisotopic (exact) mass is 326 g/mol. The molecule has 0 spiro atoms. The van der Waals surface area contributed by atoms with Crippen molar-refractivity contribution in [2.75, 3.05) is 6.54 Å². The van der Waals surface area contributed by atoms with Crippen molar-refractivity contribution in [1.29, 1.82) is 0 Å². The molecule has 8 heteroatoms. The third kappa shape index (κ3) is 4.40. The molecule has 122 valence electrons. The van der Waals surface area contributed by atoms with Crippen molar-refractivity contribution in [3.05, 3.63) is 10.6 Å². The van der Waals surface area contributed by atoms with E-state index in [9.17, 15) is 9.59 Å². The lowest BCUT2D eigenvalue weighted by Crippen LogP contribution is -2.44. The summed E-state index contributed by atoms with van der Waals surface area (Å²) in [5, 5.41) is 9.57. The number of aryl methyl sites for hydroxylation is 1. The van der Waals surface area contributed by atoms with Crippen LogP contribution in [0, 0.1) is 0 Å². The summed E-state index contributed by atoms with van der Waals surface area (Å²) in [7, 11) is 0. The minimum atomic E-state index is -0.327. The van der Waals surface area contributed by atoms with Gasteiger partial charge < -0.3 is 15.4 Å². The van der Waals surface area contributed by atoms with Crippen LogP contribution < -0.4 is 10.6 Å². The molecule has 0 unspecified atom stereocenters. The molecule has 2 N–H and O–H groups in total. The summed E-state index contributed by atoms with van der Waals surface area (Å²) in [5.74, 6) is -0.327. The Bertz CT molecular complexity index is 512. The average Bonchev–Trinajstić information content (AvgIpc) is 2.98. The topological polar surface area (TPSA) is 93.2 Å². The maximum Gasteiger partial charge on any atom is 0.352 e. The molecule has 1 aromatic rings. The number of nitrogens with one attached hydrogen (secondary N) is 2. The molecule has 1 saturated carbocycles. The zero-order valence-electron chi connectivity index (χ0n) is 12.9. The molecule has 2 amide bonds. The zero-order chi connectivity index (χ0) is 15.9. The Morgan fingerprint density at radius 3 is 2.64 bits per heavy atom. The fraction of sp³-hybridized carbons (Fsp3) is 0.714. The molecule has 22 heavy (non-hydrogen) atoms. The lowest BCUT2D eigenvalue weighted by Gasteiger charge is -2.28. The highest BCUT2D eigenvalue weighted by Crippen LogP contribution is 2.23. The summed E-state index contributed by atoms with van der Waals surface area (Å²) < 4.78 is 9.35. The fourth-order valence-electron chi connectivity index (χ4n) is 2.52. The molecule has 1 aliphatic rings. The predicted molar refractivity (Wildman–Crippen MR) is 83.0 cm³/mol. The van der Waals surface area contributed by atoms with Crippen molar-refractivity contribution in [1.82, 2.24) is 20.2 Å². The first kappa shape index (κ1) is 16.7. The van der Waals surface area contributed by atoms with Gasteiger partial charge in [-0.15, -0.1) is 5.10 Å². The predicted octanol–water partition coefficient (Wildman–Crippen LogP) is 1.89. The highest BCUT2D eigenvalue weighted by Gasteiger charge is 2.26. The minimum Gasteiger partial charge on any atom is -0.458 e. The summed E-state index contributed by atoms with van der Waals surface area (Å²) in [4.78, 5) is 24.1. The number of hydrogen-bond acceptors (Lipinski definition) is 6. The van der Waals surface area contributed by atoms with Gasteiger partial charge in [-0.05, 0) is 50.6 Å². The van der Waals surface area contributed by atoms with Crippen molar-refractivity contribution in [3.63, 3.8) is 0 Å². The number of urea groups is 1. The number of carbonyl (C=O) groups is 2. The van der Waals surface area contributed by atoms with Crippen LogP contribution >= 0.6 is 11.5 Å². The fourth-order valence-corrected chi connectivity index (χ4v) is 3.16. The van der Waals surface area contributed by atoms with E-state index in [1.165, 1.54) is 0 Å². The number of hydrogen-bond donors (Lipinski definition) is 2. The number of rotatable bonds is 5. The van der Waals surface area contributed by atoms with Gasteiger partial charge in [-0.1, -0.05) is 11.4 Å². The van der Waals surface area contributed by atoms with Gasteiger partial charge >= 0.3 is 12.0 Å². The van der Waals surface area contributed by atoms with Crippen LogP contribution in [0.15, 0.2) is 0 Å². The Balaban J connectivity index is 1.78. The number of aromatic nitrogens is 2. The van der Waals surface area contributed by atoms with Crippen LogP contribution in [0.25, 0.3) is 0 Å². The van der Waals surface area contributed by atoms with Crippen LogP contribution in [-0.2, 0) is 11.2 Å². The van der Waals surface area contributed by atoms with E-state index < -0.39 is 0 Å². The van der Waals surface area contributed by atoms with Crippen molar-refractivity contribution >= 4 is 23.5 Å². The SMILES string of the molecule is CCNC(=O)NC1CCC(OC(=O)c2snnc2CC)CC1. The van der Waals surface area contributed by atoms with E-state index >= 15 is 0 Å². The van der Waals surface area contributed by atoms with Crippen molar-refractivity contribution in [2.45, 2.75) is 58.1 Å². The van der Waals surface area contributed by atoms with Gasteiger partial charge in [0, 0.05) is 12.6 Å². The lowest BCUT2D eigenvalue weighted by molar-refractivity contribution is 0.0192. The number of esters is 1. The minimum absolute atomic E-state index is 0.0911. The number of nitrogens with zero attached hydrogens (tertiary/aromatic N) is 2. The summed E-state index contributed by atoms with van der Waals surface area (Å²) in [6.45, 7) is 4.43. The molecule has 0 aromatic carbocycles. The summed E-state index contributed by atoms with van der Waals surface area (Å²) >= 11 is 1.08. The Labute approximate surface area is 134 Å². The number of ether oxygens (including phenoxy) is 1. The first-order valence-corrected chi connectivity index (χ1v) is 8.47. The molecular weight excluding hydrogens is 304 g/mol. The molecule has 7 nitrogen and oxygen atoms in total. The van der Waals surface area contributed by atoms with E-state index in [1.54, 1.807) is 0 Å². The van der Waals surface area contributed by atoms with Crippen LogP contribution in [0.4, 0.5) is 4.79 Å². The largest absolute Gasteiger partial charge is 0.458 e. The molecule has 1 fully saturated rings. The second kappa shape index (κ2) is 8.07. The number of carbonyl (C=O) groups excluding carboxylic acids is 2. The molecule has 0 bridgehead atoms. The second-order valence-corrected chi connectivity index (χ2v) is 6.04. The van der Waals surface area contributed by atoms with Gasteiger partial charge in [0.15, 0.2) is 4.88 Å². The van der Waals surface area contributed by atoms with Gasteiger partial charge in [-0.25, -0.2) is 9.59 Å². The maximum atomic E-state index is 12.1. The first-order valence-electron chi connectivity index (χ1n) is 7.70. The quantitative estimate of drug-likeness (QED) is 0.806. The zero-order valence-corrected chi connectivity index (χ0v) is 13.7. The third-order valence-corrected chi connectivity index (χ3v) is 4.44. The van der Waals surface area contributed by atoms with E-state index in [0.29, 0.717) is 23.5 Å². The Kier molecular flexibility index (Phi) is 6.11. The standard InChI is InChI=1S/C14H22N4O3S/c1-3-11-12(22-18-17-11)13(19)21-10-7-5-9(6-8-10)16-14(20)15-4-2/h9-10H,3-8H2,1-2H3,(H2,15,16,20). The molecule has 2 rings (SSSR count). The first-order chi connectivity index (χ1) is 10.6. The highest BCUT2D eigenvalue weighted by atomic mass is 32.1. The number of amides is 2. The van der Waals surface area contributed by atoms with Crippen molar-refractivity contribution < 1.29 is 14.3 Å². The third-order valence-electron chi connectivity index (χ3n) is 3.70. The van der Waals surface area contributed by atoms with E-state index in [1.807, 2.05) is 13.8 Å². The molecule has 1 heterocycles. The lowest BCUT2D eigenvalue weighted by atomic mass is 9.93. The smallest absolute Gasteiger partial charge is 0.352 e. The van der Waals surface area contributed by atoms with Gasteiger partial charge in [0.2, 0.25) is 0 Å². The molecule has 0 radical (unpaired) electrons. The molecular formula is C14H22N4O3S. The van der Waals surface area contributed by atoms with Crippen LogP contribution in [0.3, 0.4) is 0 Å². The van der Waals surface area contributed by atoms with Gasteiger partial charge in [-0.3, -0.25) is 0 Å². The van der Waals surface area contributed by atoms with E-state index in [-0.39, 0.29) is 24.1 Å². The summed E-state index contributed by atoms with van der Waals surface area (Å²) in [6, 6.07) is 0.0176. The van der Waals surface area contributed by atoms with Gasteiger partial charge in [0.1, 0.15) is 6.10 Å². The summed E-state index contributed by atoms with van der Waals surface area (Å²) in [5.41, 5.74) is 0.696. The second-order valence-electron chi connectivity index (χ2n) is 5.29. The highest BCUT2D eigenvalue weighted by molar-refractivity contribution is 7.07. The normalized spacial score (nSPS) is 21.2. The molecule has 0 saturated heterocycles. The maximum absolute atomic E-state index is 12.1. The van der Waals surface area contributed by atoms with E-state index in [2.05, 4.69) is 20.2 Å². The Morgan fingerprint density at radius 2 is 2.00 bits per heavy atom. The summed E-state index contributed by atoms with van der Waals surface area (Å²) in [6.07, 6.45) is 3.73. The molecule has 0 aliphatic heterocycles. The molecule has 0 atom stereocenters. The van der Waals surface area contributed by atoms with Crippen molar-refractivity contribution in [3.8, 4) is 0 Å². The molecule has 1 aromatic heterocycles. The van der Waals surface area contributed by atoms with E-state index in [4.69, 9.17) is 4.74 Å². The van der Waals surface area contributed by atoms with Crippen LogP contribution in [-0.4, -0.2) is 40.3 Å². The molecule has 1 aliphatic carbocycles. The van der Waals surface area contributed by atoms with E-state index in [0.717, 1.165) is 37.2 Å². The average molecular weight is 326 g/mol. The van der Waals surface area contributed by atoms with Crippen LogP contribution in [0.5, 0.6) is 0 Å². The van der Waals surface area contributed by atoms with Crippen molar-refractivity contribution in [2.24, 2.45) is 0 Å². The van der Waals surface area contributed by atoms with Gasteiger partial charge in [0.25, 0.3) is 0 Å². The Hall–Kier alpha value is -1.70. The van der Waals surface area contributed by atoms with Crippen LogP contribution in [0.2, 0.25) is 0 Å². The van der Waals surface area contributed by atoms with Gasteiger partial charge in [0.05, 0.1) is 5.69 Å². The Morgan fingerprint density at radius 1 is 1.27 bits per heavy atom. The van der Waals surface area contributed by atoms with Crippen LogP contribution in [0.1, 0.15) is 54.9 Å². The van der Waals surface area contributed by atoms with Gasteiger partial charge in [-0.2, -0.15) is 0 Å².